The van der Waals surface area contributed by atoms with Crippen molar-refractivity contribution in [3.05, 3.63) is 251 Å². The van der Waals surface area contributed by atoms with Crippen LogP contribution in [-0.4, -0.2) is 62.6 Å². The van der Waals surface area contributed by atoms with Crippen molar-refractivity contribution in [1.82, 2.24) is 29.9 Å². The van der Waals surface area contributed by atoms with E-state index in [4.69, 9.17) is 33.4 Å². The van der Waals surface area contributed by atoms with Crippen LogP contribution >= 0.6 is 0 Å². The van der Waals surface area contributed by atoms with Crippen molar-refractivity contribution >= 4 is 116 Å². The number of furan rings is 3. The van der Waals surface area contributed by atoms with Gasteiger partial charge in [0.25, 0.3) is 0 Å². The van der Waals surface area contributed by atoms with Crippen LogP contribution in [0.3, 0.4) is 0 Å². The van der Waals surface area contributed by atoms with Gasteiger partial charge in [-0.25, -0.2) is 15.0 Å². The first kappa shape index (κ1) is 89.2. The molecule has 6 aromatic carbocycles. The summed E-state index contributed by atoms with van der Waals surface area (Å²) in [6, 6.07) is 58.3. The summed E-state index contributed by atoms with van der Waals surface area (Å²) in [5.41, 5.74) is 17.3. The van der Waals surface area contributed by atoms with E-state index in [0.29, 0.717) is 29.0 Å². The Kier molecular flexibility index (Phi) is 32.2. The van der Waals surface area contributed by atoms with E-state index in [0.717, 1.165) is 158 Å². The zero-order valence-corrected chi connectivity index (χ0v) is 73.5. The summed E-state index contributed by atoms with van der Waals surface area (Å²) in [6.07, 6.45) is 12.9. The fourth-order valence-electron chi connectivity index (χ4n) is 13.1. The predicted octanol–water partition coefficient (Wildman–Crippen LogP) is 24.7. The van der Waals surface area contributed by atoms with E-state index in [9.17, 15) is 19.5 Å². The molecule has 0 aliphatic rings. The second-order valence-corrected chi connectivity index (χ2v) is 28.3. The van der Waals surface area contributed by atoms with Crippen LogP contribution in [0.2, 0.25) is 0 Å². The van der Waals surface area contributed by atoms with E-state index in [1.807, 2.05) is 116 Å². The van der Waals surface area contributed by atoms with E-state index in [1.165, 1.54) is 67.8 Å². The molecule has 9 heterocycles. The third-order valence-electron chi connectivity index (χ3n) is 18.9. The Morgan fingerprint density at radius 2 is 0.848 bits per heavy atom. The third kappa shape index (κ3) is 21.8. The fourth-order valence-corrected chi connectivity index (χ4v) is 13.1. The summed E-state index contributed by atoms with van der Waals surface area (Å²) in [6.45, 7) is 32.6. The average Bonchev–Trinajstić information content (AvgIpc) is 1.59. The summed E-state index contributed by atoms with van der Waals surface area (Å²) in [5, 5.41) is 39.6. The number of ketones is 3. The molecule has 0 aliphatic heterocycles. The minimum atomic E-state index is -0.125. The second-order valence-electron chi connectivity index (χ2n) is 28.3. The Morgan fingerprint density at radius 1 is 0.429 bits per heavy atom. The molecule has 0 atom stereocenters. The molecule has 0 unspecified atom stereocenters. The molecular weight excluding hydrogens is 1930 g/mol. The average molecular weight is 2030 g/mol. The molecule has 15 nitrogen and oxygen atoms in total. The summed E-state index contributed by atoms with van der Waals surface area (Å²) in [7, 11) is 0. The summed E-state index contributed by atoms with van der Waals surface area (Å²) < 4.78 is 18.4. The number of rotatable bonds is 14. The van der Waals surface area contributed by atoms with Crippen LogP contribution in [0.4, 0.5) is 0 Å². The Balaban J connectivity index is 0.000000197. The van der Waals surface area contributed by atoms with Crippen molar-refractivity contribution in [2.45, 2.75) is 155 Å². The standard InChI is InChI=1S/2C25H21N2O.C21H13N2O.C13H24O2.2C5H8O2.3Ir/c2*1-14(2)17-6-7-18-13-26-23(12-19(18)11-17)22-10-15(3)9-21-20-8-5-16(4)27-25(20)28-24(21)22;1-13-9-10-17-16-7-4-8-18(20(16)24-21(17)23-13)19-15-6-3-2-5-14(15)11-12-22-19;1-5-10(6-2)12(14)9-13(15)11(7-3)8-4;2*1-4(6)3-5(2)7;;;/h2*5-9,11-14H,1-4H3;2-7,9-12H,1H3;9-11,14H,5-8H2,1-4H3;2*3,6H,1-2H3;;;/q3*-1;;;;;;. The minimum absolute atomic E-state index is 0. The Hall–Kier alpha value is -10.0. The van der Waals surface area contributed by atoms with Crippen LogP contribution in [0.5, 0.6) is 0 Å². The van der Waals surface area contributed by atoms with Gasteiger partial charge in [0.1, 0.15) is 0 Å². The van der Waals surface area contributed by atoms with Gasteiger partial charge in [-0.2, -0.15) is 0 Å². The number of hydrogen-bond donors (Lipinski definition) is 3. The number of carbonyl (C=O) groups excluding carboxylic acids is 3. The molecule has 18 heteroatoms. The molecule has 0 saturated heterocycles. The molecule has 585 valence electrons. The number of pyridine rings is 6. The number of allylic oxidation sites excluding steroid dienone is 6. The smallest absolute Gasteiger partial charge is 0.216 e. The van der Waals surface area contributed by atoms with Gasteiger partial charge >= 0.3 is 0 Å². The van der Waals surface area contributed by atoms with Crippen LogP contribution in [-0.2, 0) is 74.7 Å². The molecule has 112 heavy (non-hydrogen) atoms. The quantitative estimate of drug-likeness (QED) is 0.0522. The molecule has 15 aromatic rings. The minimum Gasteiger partial charge on any atom is -0.512 e. The largest absolute Gasteiger partial charge is 0.512 e. The number of aryl methyl sites for hydroxylation is 5. The molecule has 0 fully saturated rings. The van der Waals surface area contributed by atoms with Crippen molar-refractivity contribution in [2.24, 2.45) is 11.8 Å². The van der Waals surface area contributed by atoms with Gasteiger partial charge in [-0.3, -0.25) is 14.4 Å². The van der Waals surface area contributed by atoms with Gasteiger partial charge in [0.15, 0.2) is 17.3 Å². The van der Waals surface area contributed by atoms with E-state index in [-0.39, 0.29) is 107 Å². The second kappa shape index (κ2) is 40.4. The van der Waals surface area contributed by atoms with E-state index >= 15 is 0 Å². The monoisotopic (exact) mass is 2030 g/mol. The summed E-state index contributed by atoms with van der Waals surface area (Å²) >= 11 is 0. The van der Waals surface area contributed by atoms with E-state index in [1.54, 1.807) is 0 Å². The zero-order chi connectivity index (χ0) is 78.5. The number of aliphatic hydroxyl groups is 3. The van der Waals surface area contributed by atoms with E-state index < -0.39 is 0 Å². The van der Waals surface area contributed by atoms with Crippen LogP contribution in [0.25, 0.3) is 132 Å². The first-order chi connectivity index (χ1) is 52.1. The maximum atomic E-state index is 11.7. The third-order valence-corrected chi connectivity index (χ3v) is 18.9. The van der Waals surface area contributed by atoms with Gasteiger partial charge in [-0.1, -0.05) is 175 Å². The molecule has 0 spiro atoms. The number of aliphatic hydroxyl groups excluding tert-OH is 3. The van der Waals surface area contributed by atoms with Gasteiger partial charge in [0, 0.05) is 142 Å². The Morgan fingerprint density at radius 3 is 1.25 bits per heavy atom. The molecule has 3 radical (unpaired) electrons. The predicted molar refractivity (Wildman–Crippen MR) is 443 cm³/mol. The maximum absolute atomic E-state index is 11.7. The molecule has 0 bridgehead atoms. The number of benzene rings is 6. The normalized spacial score (nSPS) is 11.5. The molecule has 0 saturated carbocycles. The molecule has 15 rings (SSSR count). The summed E-state index contributed by atoms with van der Waals surface area (Å²) in [4.78, 5) is 59.4. The topological polar surface area (TPSA) is 229 Å². The number of aromatic nitrogens is 6. The van der Waals surface area contributed by atoms with Gasteiger partial charge in [0.05, 0.1) is 34.0 Å². The van der Waals surface area contributed by atoms with Gasteiger partial charge in [-0.15, -0.1) is 53.6 Å². The SMILES string of the molecule is CC(=O)C=C(C)O.CC(=O)C=C(C)O.CCC(CC)C(=O)C=C(O)C(CC)CC.Cc1[c-]c(-c2cc3cc(C(C)C)ccc3cn2)c2oc3nc(C)ccc3c2c1.Cc1[c-]c(-c2cc3cc(C(C)C)ccc3cn2)c2oc3nc(C)ccc3c2c1.Cc1ccc2c(n1)oc1c(-c3nccc4ccccc34)[c-]ccc12.[Ir].[Ir].[Ir]. The number of hydrogen-bond acceptors (Lipinski definition) is 15. The van der Waals surface area contributed by atoms with Crippen molar-refractivity contribution in [3.8, 4) is 33.8 Å². The number of nitrogens with zero attached hydrogens (tertiary/aromatic N) is 6. The van der Waals surface area contributed by atoms with Crippen molar-refractivity contribution < 1.29 is 103 Å². The van der Waals surface area contributed by atoms with Crippen molar-refractivity contribution in [1.29, 1.82) is 0 Å². The van der Waals surface area contributed by atoms with E-state index in [2.05, 4.69) is 171 Å². The maximum Gasteiger partial charge on any atom is 0.216 e. The first-order valence-corrected chi connectivity index (χ1v) is 37.2. The number of carbonyl (C=O) groups is 3. The molecule has 0 aliphatic carbocycles. The zero-order valence-electron chi connectivity index (χ0n) is 66.4. The van der Waals surface area contributed by atoms with Gasteiger partial charge < -0.3 is 43.5 Å². The summed E-state index contributed by atoms with van der Waals surface area (Å²) in [5.74, 6) is 1.40. The van der Waals surface area contributed by atoms with Crippen molar-refractivity contribution in [2.75, 3.05) is 0 Å². The van der Waals surface area contributed by atoms with Crippen LogP contribution < -0.4 is 0 Å². The molecule has 3 N–H and O–H groups in total. The Bertz CT molecular complexity index is 5710. The van der Waals surface area contributed by atoms with Crippen molar-refractivity contribution in [3.63, 3.8) is 0 Å². The molecule has 0 amide bonds. The van der Waals surface area contributed by atoms with Gasteiger partial charge in [-0.05, 0) is 189 Å². The fraction of sp³-hybridized carbons (Fsp3) is 0.266. The van der Waals surface area contributed by atoms with Gasteiger partial charge in [0.2, 0.25) is 17.1 Å². The van der Waals surface area contributed by atoms with Crippen LogP contribution in [0.15, 0.2) is 207 Å². The van der Waals surface area contributed by atoms with Crippen LogP contribution in [0.1, 0.15) is 160 Å². The van der Waals surface area contributed by atoms with Crippen LogP contribution in [0, 0.1) is 64.7 Å². The number of fused-ring (bicyclic) bond motifs is 12. The molecule has 9 aromatic heterocycles. The Labute approximate surface area is 695 Å². The molecular formula is C94H95Ir3N6O9-3. The first-order valence-electron chi connectivity index (χ1n) is 37.2.